The van der Waals surface area contributed by atoms with Gasteiger partial charge in [0.1, 0.15) is 0 Å². The van der Waals surface area contributed by atoms with Gasteiger partial charge < -0.3 is 5.32 Å². The van der Waals surface area contributed by atoms with Crippen molar-refractivity contribution in [3.8, 4) is 11.1 Å². The number of hydrogen-bond donors (Lipinski definition) is 1. The number of anilines is 1. The predicted octanol–water partition coefficient (Wildman–Crippen LogP) is 6.93. The number of carbonyl (C=O) groups is 1. The lowest BCUT2D eigenvalue weighted by atomic mass is 9.97. The summed E-state index contributed by atoms with van der Waals surface area (Å²) in [5, 5.41) is 3.32. The van der Waals surface area contributed by atoms with Gasteiger partial charge in [0.15, 0.2) is 0 Å². The van der Waals surface area contributed by atoms with Gasteiger partial charge in [-0.2, -0.15) is 0 Å². The van der Waals surface area contributed by atoms with E-state index < -0.39 is 11.8 Å². The van der Waals surface area contributed by atoms with E-state index in [9.17, 15) is 13.6 Å². The molecule has 1 N–H and O–H groups in total. The van der Waals surface area contributed by atoms with E-state index in [-0.39, 0.29) is 11.1 Å². The number of carbonyl (C=O) groups excluding carboxylic acids is 1. The van der Waals surface area contributed by atoms with Gasteiger partial charge in [0.25, 0.3) is 11.8 Å². The highest BCUT2D eigenvalue weighted by molar-refractivity contribution is 6.30. The molecule has 5 heteroatoms. The van der Waals surface area contributed by atoms with E-state index in [1.54, 1.807) is 42.5 Å². The van der Waals surface area contributed by atoms with E-state index in [1.165, 1.54) is 12.1 Å². The number of aryl methyl sites for hydroxylation is 1. The van der Waals surface area contributed by atoms with Gasteiger partial charge >= 0.3 is 0 Å². The van der Waals surface area contributed by atoms with Gasteiger partial charge in [-0.25, -0.2) is 8.78 Å². The second kappa shape index (κ2) is 8.11. The van der Waals surface area contributed by atoms with Gasteiger partial charge in [0.05, 0.1) is 0 Å². The van der Waals surface area contributed by atoms with E-state index in [0.29, 0.717) is 21.8 Å². The average Bonchev–Trinajstić information content (AvgIpc) is 2.68. The molecule has 0 saturated heterocycles. The summed E-state index contributed by atoms with van der Waals surface area (Å²) in [4.78, 5) is 12.7. The van der Waals surface area contributed by atoms with Crippen molar-refractivity contribution < 1.29 is 13.6 Å². The molecule has 2 nitrogen and oxygen atoms in total. The first kappa shape index (κ1) is 20.0. The van der Waals surface area contributed by atoms with E-state index in [2.05, 4.69) is 5.32 Å². The molecule has 28 heavy (non-hydrogen) atoms. The molecule has 0 spiro atoms. The first-order valence-electron chi connectivity index (χ1n) is 8.96. The Morgan fingerprint density at radius 2 is 1.61 bits per heavy atom. The fourth-order valence-electron chi connectivity index (χ4n) is 2.85. The maximum Gasteiger partial charge on any atom is 0.270 e. The lowest BCUT2D eigenvalue weighted by molar-refractivity contribution is 0.0175. The largest absolute Gasteiger partial charge is 0.322 e. The summed E-state index contributed by atoms with van der Waals surface area (Å²) >= 11 is 5.91. The second-order valence-electron chi connectivity index (χ2n) is 6.70. The molecule has 0 fully saturated rings. The Morgan fingerprint density at radius 1 is 0.964 bits per heavy atom. The Bertz CT molecular complexity index is 977. The molecule has 3 rings (SSSR count). The number of rotatable bonds is 5. The minimum atomic E-state index is -3.07. The lowest BCUT2D eigenvalue weighted by Crippen LogP contribution is -2.15. The van der Waals surface area contributed by atoms with Crippen molar-refractivity contribution in [1.29, 1.82) is 0 Å². The zero-order valence-electron chi connectivity index (χ0n) is 15.6. The van der Waals surface area contributed by atoms with Crippen LogP contribution in [0.3, 0.4) is 0 Å². The first-order valence-corrected chi connectivity index (χ1v) is 9.33. The van der Waals surface area contributed by atoms with E-state index in [1.807, 2.05) is 19.1 Å². The molecular formula is C23H20ClF2NO. The predicted molar refractivity (Wildman–Crippen MR) is 110 cm³/mol. The standard InChI is InChI=1S/C23H20ClF2NO/c1-3-15-4-10-21(11-5-15)27-22(28)18-12-17(13-19(14-18)23(2,25)26)16-6-8-20(24)9-7-16/h4-14H,3H2,1-2H3,(H,27,28). The first-order chi connectivity index (χ1) is 13.3. The number of hydrogen-bond acceptors (Lipinski definition) is 1. The quantitative estimate of drug-likeness (QED) is 0.495. The molecule has 0 aliphatic heterocycles. The van der Waals surface area contributed by atoms with Gasteiger partial charge in [-0.05, 0) is 65.6 Å². The number of alkyl halides is 2. The molecule has 1 amide bonds. The van der Waals surface area contributed by atoms with Crippen LogP contribution in [-0.2, 0) is 12.3 Å². The maximum absolute atomic E-state index is 14.0. The van der Waals surface area contributed by atoms with Crippen LogP contribution in [0.4, 0.5) is 14.5 Å². The van der Waals surface area contributed by atoms with E-state index >= 15 is 0 Å². The third kappa shape index (κ3) is 4.76. The van der Waals surface area contributed by atoms with Crippen LogP contribution in [0.15, 0.2) is 66.7 Å². The summed E-state index contributed by atoms with van der Waals surface area (Å²) in [6.45, 7) is 2.86. The van der Waals surface area contributed by atoms with Crippen molar-refractivity contribution in [2.45, 2.75) is 26.2 Å². The van der Waals surface area contributed by atoms with Crippen LogP contribution < -0.4 is 5.32 Å². The molecule has 0 atom stereocenters. The Balaban J connectivity index is 1.97. The number of amides is 1. The van der Waals surface area contributed by atoms with Crippen molar-refractivity contribution in [1.82, 2.24) is 0 Å². The molecule has 0 aromatic heterocycles. The molecule has 3 aromatic carbocycles. The van der Waals surface area contributed by atoms with Gasteiger partial charge in [0.2, 0.25) is 0 Å². The van der Waals surface area contributed by atoms with Gasteiger partial charge in [0, 0.05) is 28.8 Å². The molecule has 0 heterocycles. The molecule has 0 saturated carbocycles. The third-order valence-electron chi connectivity index (χ3n) is 4.50. The van der Waals surface area contributed by atoms with Crippen LogP contribution in [0.5, 0.6) is 0 Å². The fourth-order valence-corrected chi connectivity index (χ4v) is 2.97. The molecule has 0 aliphatic rings. The number of halogens is 3. The zero-order chi connectivity index (χ0) is 20.3. The minimum absolute atomic E-state index is 0.170. The molecule has 144 valence electrons. The Labute approximate surface area is 168 Å². The van der Waals surface area contributed by atoms with Gasteiger partial charge in [-0.15, -0.1) is 0 Å². The van der Waals surface area contributed by atoms with Crippen LogP contribution in [0.25, 0.3) is 11.1 Å². The average molecular weight is 400 g/mol. The molecule has 0 unspecified atom stereocenters. The van der Waals surface area contributed by atoms with Crippen LogP contribution >= 0.6 is 11.6 Å². The Morgan fingerprint density at radius 3 is 2.18 bits per heavy atom. The van der Waals surface area contributed by atoms with E-state index in [4.69, 9.17) is 11.6 Å². The Hall–Kier alpha value is -2.72. The summed E-state index contributed by atoms with van der Waals surface area (Å²) in [6.07, 6.45) is 0.895. The topological polar surface area (TPSA) is 29.1 Å². The van der Waals surface area contributed by atoms with Crippen LogP contribution in [0.1, 0.15) is 35.3 Å². The number of benzene rings is 3. The summed E-state index contributed by atoms with van der Waals surface area (Å²) in [5.74, 6) is -3.51. The van der Waals surface area contributed by atoms with Crippen molar-refractivity contribution >= 4 is 23.2 Å². The summed E-state index contributed by atoms with van der Waals surface area (Å²) in [5.41, 5.74) is 2.95. The van der Waals surface area contributed by atoms with Crippen molar-refractivity contribution in [2.75, 3.05) is 5.32 Å². The van der Waals surface area contributed by atoms with Crippen LogP contribution in [-0.4, -0.2) is 5.91 Å². The van der Waals surface area contributed by atoms with Crippen molar-refractivity contribution in [2.24, 2.45) is 0 Å². The van der Waals surface area contributed by atoms with Crippen molar-refractivity contribution in [3.63, 3.8) is 0 Å². The van der Waals surface area contributed by atoms with Gasteiger partial charge in [-0.1, -0.05) is 42.8 Å². The Kier molecular flexibility index (Phi) is 5.80. The maximum atomic E-state index is 14.0. The highest BCUT2D eigenvalue weighted by Crippen LogP contribution is 2.32. The summed E-state index contributed by atoms with van der Waals surface area (Å²) < 4.78 is 28.0. The second-order valence-corrected chi connectivity index (χ2v) is 7.14. The fraction of sp³-hybridized carbons (Fsp3) is 0.174. The highest BCUT2D eigenvalue weighted by Gasteiger charge is 2.26. The molecule has 0 aliphatic carbocycles. The lowest BCUT2D eigenvalue weighted by Gasteiger charge is -2.15. The van der Waals surface area contributed by atoms with Crippen LogP contribution in [0.2, 0.25) is 5.02 Å². The third-order valence-corrected chi connectivity index (χ3v) is 4.75. The van der Waals surface area contributed by atoms with E-state index in [0.717, 1.165) is 18.9 Å². The summed E-state index contributed by atoms with van der Waals surface area (Å²) in [6, 6.07) is 18.5. The molecular weight excluding hydrogens is 380 g/mol. The zero-order valence-corrected chi connectivity index (χ0v) is 16.4. The SMILES string of the molecule is CCc1ccc(NC(=O)c2cc(-c3ccc(Cl)cc3)cc(C(C)(F)F)c2)cc1. The number of nitrogens with one attached hydrogen (secondary N) is 1. The summed E-state index contributed by atoms with van der Waals surface area (Å²) in [7, 11) is 0. The van der Waals surface area contributed by atoms with Crippen molar-refractivity contribution in [3.05, 3.63) is 88.4 Å². The monoisotopic (exact) mass is 399 g/mol. The van der Waals surface area contributed by atoms with Gasteiger partial charge in [-0.3, -0.25) is 4.79 Å². The molecule has 0 bridgehead atoms. The molecule has 0 radical (unpaired) electrons. The normalized spacial score (nSPS) is 11.3. The minimum Gasteiger partial charge on any atom is -0.322 e. The highest BCUT2D eigenvalue weighted by atomic mass is 35.5. The smallest absolute Gasteiger partial charge is 0.270 e. The van der Waals surface area contributed by atoms with Crippen LogP contribution in [0, 0.1) is 0 Å². The molecule has 3 aromatic rings.